The maximum atomic E-state index is 12.9. The molecule has 0 fully saturated rings. The lowest BCUT2D eigenvalue weighted by molar-refractivity contribution is 0.0736. The van der Waals surface area contributed by atoms with Gasteiger partial charge in [-0.2, -0.15) is 0 Å². The van der Waals surface area contributed by atoms with E-state index in [1.165, 1.54) is 5.01 Å². The van der Waals surface area contributed by atoms with Crippen molar-refractivity contribution in [3.05, 3.63) is 60.2 Å². The fourth-order valence-electron chi connectivity index (χ4n) is 3.03. The molecule has 0 saturated carbocycles. The fraction of sp³-hybridized carbons (Fsp3) is 0.190. The summed E-state index contributed by atoms with van der Waals surface area (Å²) in [7, 11) is 6.63. The predicted molar refractivity (Wildman–Crippen MR) is 104 cm³/mol. The zero-order valence-corrected chi connectivity index (χ0v) is 15.4. The normalized spacial score (nSPS) is 10.6. The van der Waals surface area contributed by atoms with Gasteiger partial charge in [-0.05, 0) is 34.5 Å². The summed E-state index contributed by atoms with van der Waals surface area (Å²) in [6.07, 6.45) is 0. The first kappa shape index (κ1) is 17.8. The topological polar surface area (TPSA) is 50.8 Å². The number of hydrogen-bond acceptors (Lipinski definition) is 4. The molecular weight excluding hydrogens is 328 g/mol. The molecule has 0 atom stereocenters. The van der Waals surface area contributed by atoms with Crippen LogP contribution in [0.15, 0.2) is 54.6 Å². The molecular formula is C21H22N2O3. The van der Waals surface area contributed by atoms with Crippen LogP contribution < -0.4 is 14.9 Å². The number of carbonyl (C=O) groups excluding carboxylic acids is 1. The van der Waals surface area contributed by atoms with E-state index in [-0.39, 0.29) is 5.91 Å². The summed E-state index contributed by atoms with van der Waals surface area (Å²) in [6.45, 7) is 0. The third-order valence-corrected chi connectivity index (χ3v) is 4.47. The molecule has 5 nitrogen and oxygen atoms in total. The molecule has 5 heteroatoms. The van der Waals surface area contributed by atoms with E-state index >= 15 is 0 Å². The molecule has 3 aromatic carbocycles. The van der Waals surface area contributed by atoms with Gasteiger partial charge in [0, 0.05) is 25.2 Å². The van der Waals surface area contributed by atoms with Gasteiger partial charge < -0.3 is 9.47 Å². The first-order valence-electron chi connectivity index (χ1n) is 8.30. The SMILES string of the molecule is CNN(C)C(=O)c1ccc2ccccc2c1-c1ccc(OC)c(OC)c1. The average molecular weight is 350 g/mol. The summed E-state index contributed by atoms with van der Waals surface area (Å²) in [6, 6.07) is 17.6. The minimum atomic E-state index is -0.108. The van der Waals surface area contributed by atoms with Gasteiger partial charge in [0.25, 0.3) is 5.91 Å². The molecule has 0 unspecified atom stereocenters. The first-order chi connectivity index (χ1) is 12.6. The van der Waals surface area contributed by atoms with Crippen molar-refractivity contribution in [2.45, 2.75) is 0 Å². The van der Waals surface area contributed by atoms with Gasteiger partial charge in [-0.25, -0.2) is 5.43 Å². The summed E-state index contributed by atoms with van der Waals surface area (Å²) in [5.41, 5.74) is 5.26. The highest BCUT2D eigenvalue weighted by atomic mass is 16.5. The van der Waals surface area contributed by atoms with E-state index in [0.717, 1.165) is 21.9 Å². The number of ether oxygens (including phenoxy) is 2. The van der Waals surface area contributed by atoms with Gasteiger partial charge in [0.1, 0.15) is 0 Å². The molecule has 0 saturated heterocycles. The third kappa shape index (κ3) is 3.09. The molecule has 0 radical (unpaired) electrons. The minimum Gasteiger partial charge on any atom is -0.493 e. The van der Waals surface area contributed by atoms with Gasteiger partial charge in [0.2, 0.25) is 0 Å². The summed E-state index contributed by atoms with van der Waals surface area (Å²) in [5, 5.41) is 3.55. The first-order valence-corrected chi connectivity index (χ1v) is 8.30. The Labute approximate surface area is 153 Å². The van der Waals surface area contributed by atoms with Gasteiger partial charge in [-0.15, -0.1) is 0 Å². The largest absolute Gasteiger partial charge is 0.493 e. The van der Waals surface area contributed by atoms with E-state index in [9.17, 15) is 4.79 Å². The summed E-state index contributed by atoms with van der Waals surface area (Å²) in [5.74, 6) is 1.16. The molecule has 134 valence electrons. The number of rotatable bonds is 5. The van der Waals surface area contributed by atoms with Crippen LogP contribution in [0.3, 0.4) is 0 Å². The van der Waals surface area contributed by atoms with E-state index in [0.29, 0.717) is 17.1 Å². The van der Waals surface area contributed by atoms with Crippen molar-refractivity contribution in [1.82, 2.24) is 10.4 Å². The summed E-state index contributed by atoms with van der Waals surface area (Å²) >= 11 is 0. The van der Waals surface area contributed by atoms with Crippen molar-refractivity contribution in [2.24, 2.45) is 0 Å². The molecule has 0 aliphatic rings. The lowest BCUT2D eigenvalue weighted by Crippen LogP contribution is -2.37. The van der Waals surface area contributed by atoms with Crippen LogP contribution in [0.5, 0.6) is 11.5 Å². The van der Waals surface area contributed by atoms with E-state index in [2.05, 4.69) is 5.43 Å². The van der Waals surface area contributed by atoms with E-state index in [1.54, 1.807) is 28.3 Å². The van der Waals surface area contributed by atoms with Crippen LogP contribution in [0.2, 0.25) is 0 Å². The standard InChI is InChI=1S/C21H22N2O3/c1-22-23(2)21(24)17-11-9-14-7-5-6-8-16(14)20(17)15-10-12-18(25-3)19(13-15)26-4/h5-13,22H,1-4H3. The van der Waals surface area contributed by atoms with Crippen LogP contribution >= 0.6 is 0 Å². The van der Waals surface area contributed by atoms with Gasteiger partial charge >= 0.3 is 0 Å². The molecule has 3 rings (SSSR count). The molecule has 3 aromatic rings. The molecule has 0 spiro atoms. The van der Waals surface area contributed by atoms with Crippen molar-refractivity contribution in [1.29, 1.82) is 0 Å². The molecule has 0 aromatic heterocycles. The number of fused-ring (bicyclic) bond motifs is 1. The van der Waals surface area contributed by atoms with Crippen LogP contribution in [0, 0.1) is 0 Å². The number of methoxy groups -OCH3 is 2. The maximum absolute atomic E-state index is 12.9. The molecule has 0 aliphatic heterocycles. The zero-order valence-electron chi connectivity index (χ0n) is 15.4. The number of benzene rings is 3. The van der Waals surface area contributed by atoms with Crippen molar-refractivity contribution in [2.75, 3.05) is 28.3 Å². The molecule has 0 aliphatic carbocycles. The van der Waals surface area contributed by atoms with Gasteiger partial charge in [0.05, 0.1) is 14.2 Å². The van der Waals surface area contributed by atoms with Crippen molar-refractivity contribution < 1.29 is 14.3 Å². The predicted octanol–water partition coefficient (Wildman–Crippen LogP) is 3.73. The zero-order chi connectivity index (χ0) is 18.7. The minimum absolute atomic E-state index is 0.108. The lowest BCUT2D eigenvalue weighted by atomic mass is 9.92. The Morgan fingerprint density at radius 3 is 2.38 bits per heavy atom. The van der Waals surface area contributed by atoms with Crippen LogP contribution in [0.4, 0.5) is 0 Å². The van der Waals surface area contributed by atoms with E-state index in [4.69, 9.17) is 9.47 Å². The Bertz CT molecular complexity index is 953. The number of hydrogen-bond donors (Lipinski definition) is 1. The Kier molecular flexibility index (Phi) is 5.09. The Hall–Kier alpha value is -3.05. The fourth-order valence-corrected chi connectivity index (χ4v) is 3.03. The van der Waals surface area contributed by atoms with E-state index < -0.39 is 0 Å². The monoisotopic (exact) mass is 350 g/mol. The lowest BCUT2D eigenvalue weighted by Gasteiger charge is -2.20. The number of nitrogens with zero attached hydrogens (tertiary/aromatic N) is 1. The number of carbonyl (C=O) groups is 1. The second kappa shape index (κ2) is 7.45. The van der Waals surface area contributed by atoms with Crippen LogP contribution in [-0.2, 0) is 0 Å². The van der Waals surface area contributed by atoms with Crippen LogP contribution in [-0.4, -0.2) is 39.2 Å². The molecule has 1 N–H and O–H groups in total. The number of amides is 1. The molecule has 1 amide bonds. The van der Waals surface area contributed by atoms with Crippen molar-refractivity contribution >= 4 is 16.7 Å². The van der Waals surface area contributed by atoms with Gasteiger partial charge in [-0.3, -0.25) is 9.80 Å². The van der Waals surface area contributed by atoms with Crippen molar-refractivity contribution in [3.8, 4) is 22.6 Å². The van der Waals surface area contributed by atoms with Crippen LogP contribution in [0.1, 0.15) is 10.4 Å². The average Bonchev–Trinajstić information content (AvgIpc) is 2.71. The smallest absolute Gasteiger partial charge is 0.268 e. The van der Waals surface area contributed by atoms with Crippen LogP contribution in [0.25, 0.3) is 21.9 Å². The second-order valence-corrected chi connectivity index (χ2v) is 5.87. The third-order valence-electron chi connectivity index (χ3n) is 4.47. The molecule has 0 bridgehead atoms. The second-order valence-electron chi connectivity index (χ2n) is 5.87. The highest BCUT2D eigenvalue weighted by Gasteiger charge is 2.19. The number of hydrazine groups is 1. The Morgan fingerprint density at radius 1 is 0.962 bits per heavy atom. The van der Waals surface area contributed by atoms with E-state index in [1.807, 2.05) is 54.6 Å². The van der Waals surface area contributed by atoms with Gasteiger partial charge in [0.15, 0.2) is 11.5 Å². The molecule has 0 heterocycles. The van der Waals surface area contributed by atoms with Crippen molar-refractivity contribution in [3.63, 3.8) is 0 Å². The maximum Gasteiger partial charge on any atom is 0.268 e. The highest BCUT2D eigenvalue weighted by molar-refractivity contribution is 6.09. The Morgan fingerprint density at radius 2 is 1.69 bits per heavy atom. The van der Waals surface area contributed by atoms with Gasteiger partial charge in [-0.1, -0.05) is 36.4 Å². The summed E-state index contributed by atoms with van der Waals surface area (Å²) in [4.78, 5) is 12.9. The highest BCUT2D eigenvalue weighted by Crippen LogP contribution is 2.37. The quantitative estimate of drug-likeness (QED) is 0.713. The summed E-state index contributed by atoms with van der Waals surface area (Å²) < 4.78 is 10.8. The molecule has 26 heavy (non-hydrogen) atoms. The Balaban J connectivity index is 2.30. The number of nitrogens with one attached hydrogen (secondary N) is 1.